The zero-order valence-electron chi connectivity index (χ0n) is 13.8. The zero-order chi connectivity index (χ0) is 17.5. The highest BCUT2D eigenvalue weighted by Crippen LogP contribution is 2.24. The highest BCUT2D eigenvalue weighted by atomic mass is 16.5. The van der Waals surface area contributed by atoms with Crippen molar-refractivity contribution < 1.29 is 14.3 Å². The predicted molar refractivity (Wildman–Crippen MR) is 96.1 cm³/mol. The Balaban J connectivity index is 1.50. The molecule has 0 saturated heterocycles. The van der Waals surface area contributed by atoms with Gasteiger partial charge in [-0.1, -0.05) is 17.7 Å². The average Bonchev–Trinajstić information content (AvgIpc) is 2.64. The molecule has 0 atom stereocenters. The number of anilines is 1. The molecule has 1 heterocycles. The average molecular weight is 334 g/mol. The summed E-state index contributed by atoms with van der Waals surface area (Å²) in [5.74, 6) is 1.83. The van der Waals surface area contributed by atoms with Gasteiger partial charge < -0.3 is 14.8 Å². The molecule has 5 nitrogen and oxygen atoms in total. The first-order chi connectivity index (χ1) is 12.2. The van der Waals surface area contributed by atoms with E-state index < -0.39 is 0 Å². The molecule has 0 aliphatic rings. The van der Waals surface area contributed by atoms with Crippen LogP contribution in [0.15, 0.2) is 73.1 Å². The number of carbonyl (C=O) groups excluding carboxylic acids is 1. The molecule has 2 aromatic carbocycles. The molecule has 3 aromatic rings. The smallest absolute Gasteiger partial charge is 0.262 e. The Kier molecular flexibility index (Phi) is 5.26. The third-order valence-electron chi connectivity index (χ3n) is 3.40. The number of nitrogens with zero attached hydrogens (tertiary/aromatic N) is 1. The van der Waals surface area contributed by atoms with Crippen LogP contribution in [-0.4, -0.2) is 17.5 Å². The van der Waals surface area contributed by atoms with Crippen LogP contribution in [0.3, 0.4) is 0 Å². The minimum atomic E-state index is -0.243. The van der Waals surface area contributed by atoms with Crippen LogP contribution >= 0.6 is 0 Å². The van der Waals surface area contributed by atoms with Crippen LogP contribution in [0.1, 0.15) is 5.56 Å². The van der Waals surface area contributed by atoms with Crippen molar-refractivity contribution in [2.45, 2.75) is 6.92 Å². The van der Waals surface area contributed by atoms with Crippen LogP contribution in [-0.2, 0) is 4.79 Å². The standard InChI is InChI=1S/C20H18N2O3/c1-15-4-6-18(7-5-15)25-19-10-8-17(9-11-19)24-14-20(23)22-16-3-2-12-21-13-16/h2-13H,14H2,1H3,(H,22,23). The van der Waals surface area contributed by atoms with E-state index in [-0.39, 0.29) is 12.5 Å². The van der Waals surface area contributed by atoms with E-state index >= 15 is 0 Å². The van der Waals surface area contributed by atoms with E-state index in [2.05, 4.69) is 10.3 Å². The first-order valence-corrected chi connectivity index (χ1v) is 7.86. The van der Waals surface area contributed by atoms with E-state index in [1.165, 1.54) is 5.56 Å². The molecule has 0 aliphatic heterocycles. The van der Waals surface area contributed by atoms with Gasteiger partial charge in [0, 0.05) is 6.20 Å². The van der Waals surface area contributed by atoms with Gasteiger partial charge in [0.1, 0.15) is 17.2 Å². The van der Waals surface area contributed by atoms with Gasteiger partial charge in [-0.2, -0.15) is 0 Å². The number of pyridine rings is 1. The topological polar surface area (TPSA) is 60.5 Å². The van der Waals surface area contributed by atoms with E-state index in [1.807, 2.05) is 31.2 Å². The van der Waals surface area contributed by atoms with Gasteiger partial charge in [0.15, 0.2) is 6.61 Å². The van der Waals surface area contributed by atoms with E-state index in [0.29, 0.717) is 17.2 Å². The normalized spacial score (nSPS) is 10.1. The summed E-state index contributed by atoms with van der Waals surface area (Å²) in [4.78, 5) is 15.8. The second-order valence-electron chi connectivity index (χ2n) is 5.47. The third-order valence-corrected chi connectivity index (χ3v) is 3.40. The first kappa shape index (κ1) is 16.5. The van der Waals surface area contributed by atoms with E-state index in [1.54, 1.807) is 48.8 Å². The van der Waals surface area contributed by atoms with Gasteiger partial charge in [0.05, 0.1) is 11.9 Å². The van der Waals surface area contributed by atoms with Gasteiger partial charge in [-0.3, -0.25) is 9.78 Å². The lowest BCUT2D eigenvalue weighted by Crippen LogP contribution is -2.20. The lowest BCUT2D eigenvalue weighted by atomic mass is 10.2. The number of benzene rings is 2. The molecule has 0 bridgehead atoms. The fraction of sp³-hybridized carbons (Fsp3) is 0.100. The Morgan fingerprint density at radius 3 is 2.24 bits per heavy atom. The quantitative estimate of drug-likeness (QED) is 0.734. The second-order valence-corrected chi connectivity index (χ2v) is 5.47. The molecule has 1 amide bonds. The van der Waals surface area contributed by atoms with Crippen molar-refractivity contribution in [1.29, 1.82) is 0 Å². The number of rotatable bonds is 6. The summed E-state index contributed by atoms with van der Waals surface area (Å²) in [6, 6.07) is 18.5. The molecule has 3 rings (SSSR count). The molecular weight excluding hydrogens is 316 g/mol. The predicted octanol–water partition coefficient (Wildman–Crippen LogP) is 4.20. The van der Waals surface area contributed by atoms with E-state index in [0.717, 1.165) is 5.75 Å². The highest BCUT2D eigenvalue weighted by molar-refractivity contribution is 5.91. The van der Waals surface area contributed by atoms with Gasteiger partial charge in [0.2, 0.25) is 0 Å². The molecule has 0 spiro atoms. The summed E-state index contributed by atoms with van der Waals surface area (Å²) in [6.07, 6.45) is 3.22. The first-order valence-electron chi connectivity index (χ1n) is 7.86. The van der Waals surface area contributed by atoms with Crippen LogP contribution in [0.25, 0.3) is 0 Å². The molecule has 0 unspecified atom stereocenters. The van der Waals surface area contributed by atoms with Crippen molar-refractivity contribution in [2.75, 3.05) is 11.9 Å². The minimum absolute atomic E-state index is 0.0763. The number of hydrogen-bond acceptors (Lipinski definition) is 4. The van der Waals surface area contributed by atoms with Crippen molar-refractivity contribution >= 4 is 11.6 Å². The fourth-order valence-electron chi connectivity index (χ4n) is 2.13. The van der Waals surface area contributed by atoms with Crippen LogP contribution in [0.2, 0.25) is 0 Å². The zero-order valence-corrected chi connectivity index (χ0v) is 13.8. The van der Waals surface area contributed by atoms with Crippen LogP contribution in [0.5, 0.6) is 17.2 Å². The number of ether oxygens (including phenoxy) is 2. The SMILES string of the molecule is Cc1ccc(Oc2ccc(OCC(=O)Nc3cccnc3)cc2)cc1. The van der Waals surface area contributed by atoms with Gasteiger partial charge in [-0.15, -0.1) is 0 Å². The number of nitrogens with one attached hydrogen (secondary N) is 1. The summed E-state index contributed by atoms with van der Waals surface area (Å²) >= 11 is 0. The molecule has 126 valence electrons. The molecule has 1 aromatic heterocycles. The monoisotopic (exact) mass is 334 g/mol. The Bertz CT molecular complexity index is 816. The van der Waals surface area contributed by atoms with Gasteiger partial charge in [-0.25, -0.2) is 0 Å². The van der Waals surface area contributed by atoms with Crippen LogP contribution in [0.4, 0.5) is 5.69 Å². The Morgan fingerprint density at radius 2 is 1.60 bits per heavy atom. The number of carbonyl (C=O) groups is 1. The Hall–Kier alpha value is -3.34. The molecule has 0 fully saturated rings. The highest BCUT2D eigenvalue weighted by Gasteiger charge is 2.04. The van der Waals surface area contributed by atoms with Crippen molar-refractivity contribution in [3.8, 4) is 17.2 Å². The number of amides is 1. The van der Waals surface area contributed by atoms with Crippen molar-refractivity contribution in [3.63, 3.8) is 0 Å². The second kappa shape index (κ2) is 7.97. The maximum absolute atomic E-state index is 11.8. The summed E-state index contributed by atoms with van der Waals surface area (Å²) in [6.45, 7) is 1.95. The number of aryl methyl sites for hydroxylation is 1. The Labute approximate surface area is 146 Å². The van der Waals surface area contributed by atoms with Gasteiger partial charge in [0.25, 0.3) is 5.91 Å². The van der Waals surface area contributed by atoms with Crippen LogP contribution < -0.4 is 14.8 Å². The number of hydrogen-bond donors (Lipinski definition) is 1. The van der Waals surface area contributed by atoms with Crippen molar-refractivity contribution in [2.24, 2.45) is 0 Å². The summed E-state index contributed by atoms with van der Waals surface area (Å²) in [7, 11) is 0. The minimum Gasteiger partial charge on any atom is -0.484 e. The number of aromatic nitrogens is 1. The lowest BCUT2D eigenvalue weighted by molar-refractivity contribution is -0.118. The van der Waals surface area contributed by atoms with Crippen molar-refractivity contribution in [3.05, 3.63) is 78.6 Å². The molecular formula is C20H18N2O3. The molecule has 5 heteroatoms. The molecule has 1 N–H and O–H groups in total. The summed E-state index contributed by atoms with van der Waals surface area (Å²) in [5, 5.41) is 2.71. The summed E-state index contributed by atoms with van der Waals surface area (Å²) in [5.41, 5.74) is 1.82. The van der Waals surface area contributed by atoms with E-state index in [9.17, 15) is 4.79 Å². The molecule has 25 heavy (non-hydrogen) atoms. The van der Waals surface area contributed by atoms with E-state index in [4.69, 9.17) is 9.47 Å². The summed E-state index contributed by atoms with van der Waals surface area (Å²) < 4.78 is 11.2. The van der Waals surface area contributed by atoms with Crippen molar-refractivity contribution in [1.82, 2.24) is 4.98 Å². The Morgan fingerprint density at radius 1 is 0.960 bits per heavy atom. The third kappa shape index (κ3) is 5.07. The molecule has 0 radical (unpaired) electrons. The largest absolute Gasteiger partial charge is 0.484 e. The maximum atomic E-state index is 11.8. The molecule has 0 aliphatic carbocycles. The lowest BCUT2D eigenvalue weighted by Gasteiger charge is -2.09. The fourth-order valence-corrected chi connectivity index (χ4v) is 2.13. The molecule has 0 saturated carbocycles. The van der Waals surface area contributed by atoms with Gasteiger partial charge >= 0.3 is 0 Å². The van der Waals surface area contributed by atoms with Gasteiger partial charge in [-0.05, 0) is 55.5 Å². The van der Waals surface area contributed by atoms with Crippen LogP contribution in [0, 0.1) is 6.92 Å². The maximum Gasteiger partial charge on any atom is 0.262 e.